The Balaban J connectivity index is 1.80. The molecule has 7 heteroatoms. The molecule has 1 saturated heterocycles. The van der Waals surface area contributed by atoms with Crippen molar-refractivity contribution < 1.29 is 19.4 Å². The van der Waals surface area contributed by atoms with E-state index in [2.05, 4.69) is 49.9 Å². The number of para-hydroxylation sites is 2. The van der Waals surface area contributed by atoms with E-state index in [1.807, 2.05) is 41.9 Å². The lowest BCUT2D eigenvalue weighted by Gasteiger charge is -2.34. The van der Waals surface area contributed by atoms with Crippen LogP contribution < -0.4 is 9.64 Å². The Hall–Kier alpha value is -3.32. The van der Waals surface area contributed by atoms with Crippen molar-refractivity contribution in [3.8, 4) is 22.7 Å². The Labute approximate surface area is 220 Å². The van der Waals surface area contributed by atoms with Gasteiger partial charge in [-0.25, -0.2) is 9.48 Å². The number of aromatic nitrogens is 2. The molecule has 1 aromatic heterocycles. The van der Waals surface area contributed by atoms with Crippen molar-refractivity contribution in [1.82, 2.24) is 9.78 Å². The Morgan fingerprint density at radius 1 is 1.03 bits per heavy atom. The van der Waals surface area contributed by atoms with Crippen LogP contribution in [-0.4, -0.2) is 46.2 Å². The number of anilines is 1. The number of ether oxygens (including phenoxy) is 2. The first-order valence-corrected chi connectivity index (χ1v) is 13.1. The van der Waals surface area contributed by atoms with Crippen LogP contribution in [0.25, 0.3) is 16.9 Å². The number of nitrogens with zero attached hydrogens (tertiary/aromatic N) is 3. The first-order chi connectivity index (χ1) is 17.5. The second-order valence-corrected chi connectivity index (χ2v) is 11.4. The summed E-state index contributed by atoms with van der Waals surface area (Å²) in [6.07, 6.45) is 1.30. The molecule has 0 saturated carbocycles. The van der Waals surface area contributed by atoms with Crippen LogP contribution in [0.3, 0.4) is 0 Å². The fraction of sp³-hybridized carbons (Fsp3) is 0.467. The Morgan fingerprint density at radius 3 is 2.32 bits per heavy atom. The molecule has 0 amide bonds. The largest absolute Gasteiger partial charge is 0.493 e. The molecule has 37 heavy (non-hydrogen) atoms. The van der Waals surface area contributed by atoms with E-state index in [0.717, 1.165) is 41.5 Å². The molecule has 1 unspecified atom stereocenters. The highest BCUT2D eigenvalue weighted by Gasteiger charge is 2.33. The fourth-order valence-electron chi connectivity index (χ4n) is 4.22. The average molecular weight is 506 g/mol. The monoisotopic (exact) mass is 505 g/mol. The summed E-state index contributed by atoms with van der Waals surface area (Å²) < 4.78 is 14.1. The van der Waals surface area contributed by atoms with Crippen molar-refractivity contribution in [3.05, 3.63) is 60.3 Å². The van der Waals surface area contributed by atoms with Gasteiger partial charge in [0.1, 0.15) is 11.9 Å². The van der Waals surface area contributed by atoms with Gasteiger partial charge in [-0.3, -0.25) is 0 Å². The van der Waals surface area contributed by atoms with Crippen LogP contribution in [0.1, 0.15) is 66.2 Å². The summed E-state index contributed by atoms with van der Waals surface area (Å²) in [5.74, 6) is -0.203. The second kappa shape index (κ2) is 10.6. The first kappa shape index (κ1) is 26.7. The number of hydrogen-bond acceptors (Lipinski definition) is 5. The van der Waals surface area contributed by atoms with E-state index in [4.69, 9.17) is 14.6 Å². The number of benzene rings is 2. The van der Waals surface area contributed by atoms with Gasteiger partial charge in [0.25, 0.3) is 0 Å². The van der Waals surface area contributed by atoms with Crippen molar-refractivity contribution in [1.29, 1.82) is 0 Å². The number of rotatable bonds is 10. The molecular weight excluding hydrogens is 466 g/mol. The summed E-state index contributed by atoms with van der Waals surface area (Å²) in [6.45, 7) is 14.2. The highest BCUT2D eigenvalue weighted by Crippen LogP contribution is 2.36. The summed E-state index contributed by atoms with van der Waals surface area (Å²) >= 11 is 0. The van der Waals surface area contributed by atoms with Crippen LogP contribution in [0.15, 0.2) is 54.6 Å². The standard InChI is InChI=1S/C30H39N3O4/c1-7-27(37-30(5,6)28(34)35)23-19-26(21-12-10-13-22(18-21)36-20-29(2,3)4)33(31-23)25-15-9-8-14-24(25)32-16-11-17-32/h8-10,12-15,18-19,27H,7,11,16-17,20H2,1-6H3,(H,34,35). The maximum Gasteiger partial charge on any atom is 0.335 e. The minimum absolute atomic E-state index is 0.0454. The Morgan fingerprint density at radius 2 is 1.73 bits per heavy atom. The van der Waals surface area contributed by atoms with Crippen molar-refractivity contribution >= 4 is 11.7 Å². The topological polar surface area (TPSA) is 76.8 Å². The van der Waals surface area contributed by atoms with E-state index in [-0.39, 0.29) is 5.41 Å². The number of aliphatic carboxylic acids is 1. The maximum atomic E-state index is 11.8. The van der Waals surface area contributed by atoms with Crippen molar-refractivity contribution in [3.63, 3.8) is 0 Å². The van der Waals surface area contributed by atoms with Crippen molar-refractivity contribution in [2.45, 2.75) is 66.1 Å². The summed E-state index contributed by atoms with van der Waals surface area (Å²) in [4.78, 5) is 14.1. The second-order valence-electron chi connectivity index (χ2n) is 11.4. The molecular formula is C30H39N3O4. The molecule has 1 N–H and O–H groups in total. The van der Waals surface area contributed by atoms with Gasteiger partial charge in [-0.1, -0.05) is 52.0 Å². The summed E-state index contributed by atoms with van der Waals surface area (Å²) in [5, 5.41) is 14.7. The lowest BCUT2D eigenvalue weighted by molar-refractivity contribution is -0.169. The van der Waals surface area contributed by atoms with E-state index in [0.29, 0.717) is 18.7 Å². The van der Waals surface area contributed by atoms with E-state index in [1.165, 1.54) is 6.42 Å². The van der Waals surface area contributed by atoms with Crippen molar-refractivity contribution in [2.24, 2.45) is 5.41 Å². The van der Waals surface area contributed by atoms with Crippen LogP contribution >= 0.6 is 0 Å². The highest BCUT2D eigenvalue weighted by molar-refractivity contribution is 5.76. The van der Waals surface area contributed by atoms with Gasteiger partial charge in [0.05, 0.1) is 29.4 Å². The molecule has 0 radical (unpaired) electrons. The molecule has 1 fully saturated rings. The normalized spacial score (nSPS) is 14.8. The van der Waals surface area contributed by atoms with Crippen molar-refractivity contribution in [2.75, 3.05) is 24.6 Å². The number of carbonyl (C=O) groups is 1. The third-order valence-corrected chi connectivity index (χ3v) is 6.49. The molecule has 0 aliphatic carbocycles. The lowest BCUT2D eigenvalue weighted by Crippen LogP contribution is -2.37. The number of hydrogen-bond donors (Lipinski definition) is 1. The molecule has 2 aromatic carbocycles. The zero-order valence-electron chi connectivity index (χ0n) is 22.8. The lowest BCUT2D eigenvalue weighted by atomic mass is 9.99. The van der Waals surface area contributed by atoms with Gasteiger partial charge in [0.2, 0.25) is 0 Å². The molecule has 3 aromatic rings. The van der Waals surface area contributed by atoms with Crippen LogP contribution in [-0.2, 0) is 9.53 Å². The summed E-state index contributed by atoms with van der Waals surface area (Å²) in [5.41, 5.74) is 3.40. The predicted octanol–water partition coefficient (Wildman–Crippen LogP) is 6.51. The maximum absolute atomic E-state index is 11.8. The molecule has 0 spiro atoms. The average Bonchev–Trinajstić information content (AvgIpc) is 3.25. The molecule has 1 aliphatic heterocycles. The highest BCUT2D eigenvalue weighted by atomic mass is 16.5. The minimum atomic E-state index is -1.33. The van der Waals surface area contributed by atoms with Crippen LogP contribution in [0.5, 0.6) is 5.75 Å². The van der Waals surface area contributed by atoms with E-state index in [1.54, 1.807) is 13.8 Å². The van der Waals surface area contributed by atoms with Crippen LogP contribution in [0.4, 0.5) is 5.69 Å². The Kier molecular flexibility index (Phi) is 7.64. The predicted molar refractivity (Wildman–Crippen MR) is 147 cm³/mol. The molecule has 2 heterocycles. The molecule has 1 atom stereocenters. The van der Waals surface area contributed by atoms with Gasteiger partial charge in [-0.2, -0.15) is 5.10 Å². The van der Waals surface area contributed by atoms with Gasteiger partial charge >= 0.3 is 5.97 Å². The third-order valence-electron chi connectivity index (χ3n) is 6.49. The third kappa shape index (κ3) is 6.16. The summed E-state index contributed by atoms with van der Waals surface area (Å²) in [6, 6.07) is 18.4. The quantitative estimate of drug-likeness (QED) is 0.339. The molecule has 198 valence electrons. The zero-order chi connectivity index (χ0) is 26.8. The SMILES string of the molecule is CCC(OC(C)(C)C(=O)O)c1cc(-c2cccc(OCC(C)(C)C)c2)n(-c2ccccc2N2CCC2)n1. The van der Waals surface area contributed by atoms with E-state index >= 15 is 0 Å². The number of carboxylic acids is 1. The van der Waals surface area contributed by atoms with Crippen LogP contribution in [0, 0.1) is 5.41 Å². The Bertz CT molecular complexity index is 1240. The first-order valence-electron chi connectivity index (χ1n) is 13.1. The van der Waals surface area contributed by atoms with Gasteiger partial charge in [0.15, 0.2) is 5.60 Å². The van der Waals surface area contributed by atoms with E-state index < -0.39 is 17.7 Å². The van der Waals surface area contributed by atoms with E-state index in [9.17, 15) is 9.90 Å². The molecule has 0 bridgehead atoms. The van der Waals surface area contributed by atoms with Gasteiger partial charge < -0.3 is 19.5 Å². The summed E-state index contributed by atoms with van der Waals surface area (Å²) in [7, 11) is 0. The van der Waals surface area contributed by atoms with Gasteiger partial charge in [0, 0.05) is 18.7 Å². The van der Waals surface area contributed by atoms with Crippen LogP contribution in [0.2, 0.25) is 0 Å². The molecule has 4 rings (SSSR count). The zero-order valence-corrected chi connectivity index (χ0v) is 22.8. The minimum Gasteiger partial charge on any atom is -0.493 e. The molecule has 7 nitrogen and oxygen atoms in total. The fourth-order valence-corrected chi connectivity index (χ4v) is 4.22. The van der Waals surface area contributed by atoms with Gasteiger partial charge in [-0.15, -0.1) is 0 Å². The smallest absolute Gasteiger partial charge is 0.335 e. The number of carboxylic acid groups (broad SMARTS) is 1. The molecule has 1 aliphatic rings. The van der Waals surface area contributed by atoms with Gasteiger partial charge in [-0.05, 0) is 62.4 Å².